The Morgan fingerprint density at radius 3 is 2.83 bits per heavy atom. The monoisotopic (exact) mass is 279 g/mol. The number of fused-ring (bicyclic) bond motifs is 1. The van der Waals surface area contributed by atoms with E-state index in [2.05, 4.69) is 11.6 Å². The van der Waals surface area contributed by atoms with Crippen LogP contribution in [0.1, 0.15) is 13.8 Å². The average Bonchev–Trinajstić information content (AvgIpc) is 2.69. The van der Waals surface area contributed by atoms with Gasteiger partial charge in [0.05, 0.1) is 21.2 Å². The van der Waals surface area contributed by atoms with Crippen LogP contribution in [0.2, 0.25) is 0 Å². The van der Waals surface area contributed by atoms with Gasteiger partial charge >= 0.3 is 5.97 Å². The molecule has 0 saturated heterocycles. The van der Waals surface area contributed by atoms with Crippen LogP contribution in [0, 0.1) is 0 Å². The number of ether oxygens (including phenoxy) is 1. The predicted octanol–water partition coefficient (Wildman–Crippen LogP) is 3.85. The van der Waals surface area contributed by atoms with Gasteiger partial charge in [0, 0.05) is 0 Å². The summed E-state index contributed by atoms with van der Waals surface area (Å²) in [6.07, 6.45) is -0.134. The van der Waals surface area contributed by atoms with Gasteiger partial charge in [-0.1, -0.05) is 30.5 Å². The summed E-state index contributed by atoms with van der Waals surface area (Å²) in [7, 11) is 0. The van der Waals surface area contributed by atoms with Crippen LogP contribution in [0.3, 0.4) is 0 Å². The summed E-state index contributed by atoms with van der Waals surface area (Å²) >= 11 is 2.80. The molecule has 0 aliphatic rings. The zero-order valence-electron chi connectivity index (χ0n) is 10.2. The number of hydrogen-bond donors (Lipinski definition) is 0. The number of nitrogens with zero attached hydrogens (tertiary/aromatic N) is 1. The third-order valence-corrected chi connectivity index (χ3v) is 4.07. The fourth-order valence-corrected chi connectivity index (χ4v) is 3.24. The molecule has 0 fully saturated rings. The predicted molar refractivity (Wildman–Crippen MR) is 75.8 cm³/mol. The molecule has 18 heavy (non-hydrogen) atoms. The molecular formula is C13H13NO2S2. The second-order valence-corrected chi connectivity index (χ2v) is 6.30. The number of thiazole rings is 1. The van der Waals surface area contributed by atoms with Crippen LogP contribution in [0.5, 0.6) is 0 Å². The molecule has 0 radical (unpaired) electrons. The van der Waals surface area contributed by atoms with E-state index in [0.717, 1.165) is 14.6 Å². The quantitative estimate of drug-likeness (QED) is 0.484. The molecule has 0 spiro atoms. The second-order valence-electron chi connectivity index (χ2n) is 3.93. The summed E-state index contributed by atoms with van der Waals surface area (Å²) in [6.45, 7) is 7.35. The Labute approximate surface area is 114 Å². The highest BCUT2D eigenvalue weighted by molar-refractivity contribution is 8.05. The Morgan fingerprint density at radius 2 is 2.17 bits per heavy atom. The Balaban J connectivity index is 2.09. The minimum absolute atomic E-state index is 0.134. The van der Waals surface area contributed by atoms with Crippen molar-refractivity contribution in [3.05, 3.63) is 35.7 Å². The van der Waals surface area contributed by atoms with Gasteiger partial charge in [0.25, 0.3) is 0 Å². The second kappa shape index (κ2) is 5.54. The fraction of sp³-hybridized carbons (Fsp3) is 0.231. The first-order chi connectivity index (χ1) is 8.56. The molecular weight excluding hydrogens is 266 g/mol. The Kier molecular flexibility index (Phi) is 4.04. The molecule has 0 aliphatic carbocycles. The van der Waals surface area contributed by atoms with Crippen molar-refractivity contribution in [1.82, 2.24) is 4.98 Å². The van der Waals surface area contributed by atoms with E-state index in [1.807, 2.05) is 38.1 Å². The standard InChI is InChI=1S/C13H13NO2S2/c1-8(2)16-12(15)9(3)17-13-14-10-6-4-5-7-11(10)18-13/h4-8H,3H2,1-2H3. The van der Waals surface area contributed by atoms with Crippen molar-refractivity contribution in [2.24, 2.45) is 0 Å². The Bertz CT molecular complexity index is 556. The molecule has 2 rings (SSSR count). The van der Waals surface area contributed by atoms with Gasteiger partial charge in [-0.3, -0.25) is 0 Å². The fourth-order valence-electron chi connectivity index (χ4n) is 1.32. The van der Waals surface area contributed by atoms with Gasteiger partial charge in [-0.05, 0) is 26.0 Å². The van der Waals surface area contributed by atoms with Crippen molar-refractivity contribution in [1.29, 1.82) is 0 Å². The van der Waals surface area contributed by atoms with Crippen LogP contribution in [0.4, 0.5) is 0 Å². The molecule has 1 aromatic carbocycles. The Hall–Kier alpha value is -1.33. The normalized spacial score (nSPS) is 10.8. The lowest BCUT2D eigenvalue weighted by molar-refractivity contribution is -0.141. The van der Waals surface area contributed by atoms with Crippen molar-refractivity contribution in [3.63, 3.8) is 0 Å². The van der Waals surface area contributed by atoms with Crippen molar-refractivity contribution < 1.29 is 9.53 Å². The van der Waals surface area contributed by atoms with Crippen LogP contribution in [-0.2, 0) is 9.53 Å². The van der Waals surface area contributed by atoms with E-state index in [4.69, 9.17) is 4.74 Å². The SMILES string of the molecule is C=C(Sc1nc2ccccc2s1)C(=O)OC(C)C. The summed E-state index contributed by atoms with van der Waals surface area (Å²) in [5.74, 6) is -0.380. The lowest BCUT2D eigenvalue weighted by atomic mass is 10.3. The lowest BCUT2D eigenvalue weighted by Gasteiger charge is -2.07. The maximum Gasteiger partial charge on any atom is 0.344 e. The number of thioether (sulfide) groups is 1. The van der Waals surface area contributed by atoms with Crippen molar-refractivity contribution >= 4 is 39.3 Å². The molecule has 0 atom stereocenters. The highest BCUT2D eigenvalue weighted by atomic mass is 32.2. The van der Waals surface area contributed by atoms with Crippen molar-refractivity contribution in [2.45, 2.75) is 24.3 Å². The molecule has 0 N–H and O–H groups in total. The van der Waals surface area contributed by atoms with Crippen LogP contribution in [0.15, 0.2) is 40.1 Å². The number of rotatable bonds is 4. The molecule has 2 aromatic rings. The van der Waals surface area contributed by atoms with E-state index in [-0.39, 0.29) is 12.1 Å². The summed E-state index contributed by atoms with van der Waals surface area (Å²) in [4.78, 5) is 16.4. The first-order valence-corrected chi connectivity index (χ1v) is 7.13. The van der Waals surface area contributed by atoms with Crippen LogP contribution < -0.4 is 0 Å². The van der Waals surface area contributed by atoms with Gasteiger partial charge in [0.1, 0.15) is 0 Å². The third kappa shape index (κ3) is 3.11. The topological polar surface area (TPSA) is 39.2 Å². The van der Waals surface area contributed by atoms with Crippen molar-refractivity contribution in [2.75, 3.05) is 0 Å². The van der Waals surface area contributed by atoms with E-state index < -0.39 is 0 Å². The summed E-state index contributed by atoms with van der Waals surface area (Å²) in [5.41, 5.74) is 0.940. The summed E-state index contributed by atoms with van der Waals surface area (Å²) in [6, 6.07) is 7.87. The molecule has 0 saturated carbocycles. The van der Waals surface area contributed by atoms with Gasteiger partial charge < -0.3 is 4.74 Å². The molecule has 1 heterocycles. The van der Waals surface area contributed by atoms with Gasteiger partial charge in [0.15, 0.2) is 4.34 Å². The highest BCUT2D eigenvalue weighted by Gasteiger charge is 2.14. The van der Waals surface area contributed by atoms with Gasteiger partial charge in [-0.25, -0.2) is 9.78 Å². The van der Waals surface area contributed by atoms with Crippen LogP contribution >= 0.6 is 23.1 Å². The summed E-state index contributed by atoms with van der Waals surface area (Å²) < 4.78 is 6.99. The average molecular weight is 279 g/mol. The minimum atomic E-state index is -0.380. The van der Waals surface area contributed by atoms with E-state index in [9.17, 15) is 4.79 Å². The Morgan fingerprint density at radius 1 is 1.44 bits per heavy atom. The molecule has 0 unspecified atom stereocenters. The lowest BCUT2D eigenvalue weighted by Crippen LogP contribution is -2.11. The zero-order chi connectivity index (χ0) is 13.1. The number of esters is 1. The molecule has 94 valence electrons. The largest absolute Gasteiger partial charge is 0.459 e. The first kappa shape index (κ1) is 13.1. The number of carbonyl (C=O) groups excluding carboxylic acids is 1. The summed E-state index contributed by atoms with van der Waals surface area (Å²) in [5, 5.41) is 0. The van der Waals surface area contributed by atoms with Gasteiger partial charge in [-0.2, -0.15) is 0 Å². The van der Waals surface area contributed by atoms with E-state index in [1.165, 1.54) is 11.8 Å². The molecule has 1 aromatic heterocycles. The van der Waals surface area contributed by atoms with Crippen molar-refractivity contribution in [3.8, 4) is 0 Å². The van der Waals surface area contributed by atoms with Gasteiger partial charge in [0.2, 0.25) is 0 Å². The number of carbonyl (C=O) groups is 1. The van der Waals surface area contributed by atoms with E-state index in [0.29, 0.717) is 4.91 Å². The smallest absolute Gasteiger partial charge is 0.344 e. The number of hydrogen-bond acceptors (Lipinski definition) is 5. The third-order valence-electron chi connectivity index (χ3n) is 2.06. The molecule has 3 nitrogen and oxygen atoms in total. The zero-order valence-corrected chi connectivity index (χ0v) is 11.8. The maximum atomic E-state index is 11.6. The molecule has 0 bridgehead atoms. The first-order valence-electron chi connectivity index (χ1n) is 5.49. The van der Waals surface area contributed by atoms with E-state index in [1.54, 1.807) is 11.3 Å². The maximum absolute atomic E-state index is 11.6. The van der Waals surface area contributed by atoms with E-state index >= 15 is 0 Å². The molecule has 0 aliphatic heterocycles. The highest BCUT2D eigenvalue weighted by Crippen LogP contribution is 2.33. The van der Waals surface area contributed by atoms with Crippen LogP contribution in [0.25, 0.3) is 10.2 Å². The number of benzene rings is 1. The molecule has 5 heteroatoms. The number of aromatic nitrogens is 1. The number of para-hydroxylation sites is 1. The minimum Gasteiger partial charge on any atom is -0.459 e. The van der Waals surface area contributed by atoms with Crippen LogP contribution in [-0.4, -0.2) is 17.1 Å². The molecule has 0 amide bonds. The van der Waals surface area contributed by atoms with Gasteiger partial charge in [-0.15, -0.1) is 11.3 Å².